The first-order valence-corrected chi connectivity index (χ1v) is 4.60. The molecule has 0 aromatic heterocycles. The van der Waals surface area contributed by atoms with Crippen molar-refractivity contribution in [2.75, 3.05) is 11.9 Å². The monoisotopic (exact) mass is 167 g/mol. The van der Waals surface area contributed by atoms with E-state index in [0.29, 0.717) is 4.32 Å². The zero-order valence-corrected chi connectivity index (χ0v) is 7.38. The summed E-state index contributed by atoms with van der Waals surface area (Å²) < 4.78 is 0.559. The Bertz CT molecular complexity index is 76.4. The molecule has 0 aromatic carbocycles. The molecule has 4 heteroatoms. The highest BCUT2D eigenvalue weighted by Crippen LogP contribution is 2.02. The summed E-state index contributed by atoms with van der Waals surface area (Å²) in [6.07, 6.45) is 2.31. The third-order valence-corrected chi connectivity index (χ3v) is 2.13. The van der Waals surface area contributed by atoms with E-state index in [0.717, 1.165) is 11.9 Å². The van der Waals surface area contributed by atoms with Gasteiger partial charge >= 0.3 is 0 Å². The van der Waals surface area contributed by atoms with Gasteiger partial charge in [0.15, 0.2) is 0 Å². The van der Waals surface area contributed by atoms with Crippen molar-refractivity contribution in [1.29, 1.82) is 0 Å². The van der Waals surface area contributed by atoms with Gasteiger partial charge in [0.25, 0.3) is 0 Å². The molecule has 0 saturated heterocycles. The van der Waals surface area contributed by atoms with Gasteiger partial charge in [0.05, 0.1) is 0 Å². The third-order valence-electron chi connectivity index (χ3n) is 0.593. The highest BCUT2D eigenvalue weighted by atomic mass is 32.2. The zero-order valence-electron chi connectivity index (χ0n) is 4.59. The van der Waals surface area contributed by atoms with Crippen LogP contribution in [0.5, 0.6) is 0 Å². The van der Waals surface area contributed by atoms with Crippen LogP contribution in [0.2, 0.25) is 0 Å². The summed E-state index contributed by atoms with van der Waals surface area (Å²) >= 11 is 6.19. The summed E-state index contributed by atoms with van der Waals surface area (Å²) in [7, 11) is 2.66. The molecular weight excluding hydrogens is 157 g/mol. The molecule has 0 aliphatic carbocycles. The molecule has 48 valence electrons. The zero-order chi connectivity index (χ0) is 6.41. The molecule has 0 radical (unpaired) electrons. The van der Waals surface area contributed by atoms with Crippen LogP contribution in [-0.2, 0) is 0 Å². The van der Waals surface area contributed by atoms with Crippen LogP contribution in [0.4, 0.5) is 0 Å². The summed E-state index contributed by atoms with van der Waals surface area (Å²) in [5, 5.41) is 0. The smallest absolute Gasteiger partial charge is 0.131 e. The van der Waals surface area contributed by atoms with E-state index < -0.39 is 0 Å². The van der Waals surface area contributed by atoms with E-state index in [2.05, 4.69) is 21.5 Å². The highest BCUT2D eigenvalue weighted by molar-refractivity contribution is 8.22. The number of nitrogens with two attached hydrogens (primary N) is 1. The van der Waals surface area contributed by atoms with Crippen LogP contribution >= 0.6 is 33.2 Å². The summed E-state index contributed by atoms with van der Waals surface area (Å²) in [4.78, 5) is 0. The molecule has 0 bridgehead atoms. The third kappa shape index (κ3) is 6.67. The Morgan fingerprint density at radius 2 is 2.38 bits per heavy atom. The topological polar surface area (TPSA) is 26.0 Å². The lowest BCUT2D eigenvalue weighted by molar-refractivity contribution is 1.13. The summed E-state index contributed by atoms with van der Waals surface area (Å²) in [6, 6.07) is 0. The Balaban J connectivity index is 2.82. The molecule has 0 saturated carbocycles. The SMILES string of the molecule is NC(=S)SCCCP. The first-order valence-electron chi connectivity index (χ1n) is 2.39. The lowest BCUT2D eigenvalue weighted by Gasteiger charge is -1.93. The van der Waals surface area contributed by atoms with Crippen LogP contribution in [0.3, 0.4) is 0 Å². The number of hydrogen-bond acceptors (Lipinski definition) is 2. The molecule has 0 spiro atoms. The molecular formula is C4H10NPS2. The van der Waals surface area contributed by atoms with Gasteiger partial charge in [0.1, 0.15) is 4.32 Å². The van der Waals surface area contributed by atoms with Crippen molar-refractivity contribution >= 4 is 37.5 Å². The van der Waals surface area contributed by atoms with Crippen molar-refractivity contribution in [3.8, 4) is 0 Å². The van der Waals surface area contributed by atoms with E-state index >= 15 is 0 Å². The van der Waals surface area contributed by atoms with Crippen molar-refractivity contribution in [3.63, 3.8) is 0 Å². The van der Waals surface area contributed by atoms with Gasteiger partial charge in [-0.2, -0.15) is 0 Å². The van der Waals surface area contributed by atoms with E-state index in [9.17, 15) is 0 Å². The van der Waals surface area contributed by atoms with E-state index in [1.165, 1.54) is 6.42 Å². The lowest BCUT2D eigenvalue weighted by Crippen LogP contribution is -2.02. The van der Waals surface area contributed by atoms with Crippen LogP contribution in [-0.4, -0.2) is 16.2 Å². The Labute approximate surface area is 62.0 Å². The van der Waals surface area contributed by atoms with Crippen molar-refractivity contribution in [3.05, 3.63) is 0 Å². The maximum atomic E-state index is 5.22. The van der Waals surface area contributed by atoms with E-state index in [-0.39, 0.29) is 0 Å². The van der Waals surface area contributed by atoms with Crippen molar-refractivity contribution in [1.82, 2.24) is 0 Å². The molecule has 1 unspecified atom stereocenters. The summed E-state index contributed by atoms with van der Waals surface area (Å²) in [5.74, 6) is 1.05. The predicted octanol–water partition coefficient (Wildman–Crippen LogP) is 1.23. The van der Waals surface area contributed by atoms with Crippen LogP contribution in [0.1, 0.15) is 6.42 Å². The Morgan fingerprint density at radius 3 is 2.75 bits per heavy atom. The molecule has 0 aliphatic rings. The molecule has 0 fully saturated rings. The molecule has 0 aromatic rings. The number of thioether (sulfide) groups is 1. The maximum absolute atomic E-state index is 5.22. The van der Waals surface area contributed by atoms with Gasteiger partial charge in [-0.15, -0.1) is 9.24 Å². The summed E-state index contributed by atoms with van der Waals surface area (Å²) in [6.45, 7) is 0. The lowest BCUT2D eigenvalue weighted by atomic mass is 10.6. The van der Waals surface area contributed by atoms with Crippen LogP contribution in [0.15, 0.2) is 0 Å². The highest BCUT2D eigenvalue weighted by Gasteiger charge is 1.87. The average Bonchev–Trinajstić information content (AvgIpc) is 1.66. The largest absolute Gasteiger partial charge is 0.385 e. The first-order chi connectivity index (χ1) is 3.77. The molecule has 2 N–H and O–H groups in total. The Hall–Kier alpha value is 0.670. The Morgan fingerprint density at radius 1 is 1.75 bits per heavy atom. The Kier molecular flexibility index (Phi) is 6.29. The predicted molar refractivity (Wildman–Crippen MR) is 48.4 cm³/mol. The van der Waals surface area contributed by atoms with Gasteiger partial charge in [0, 0.05) is 5.75 Å². The van der Waals surface area contributed by atoms with Crippen molar-refractivity contribution < 1.29 is 0 Å². The maximum Gasteiger partial charge on any atom is 0.131 e. The van der Waals surface area contributed by atoms with Gasteiger partial charge in [-0.1, -0.05) is 24.0 Å². The van der Waals surface area contributed by atoms with Crippen LogP contribution in [0, 0.1) is 0 Å². The van der Waals surface area contributed by atoms with Gasteiger partial charge in [0.2, 0.25) is 0 Å². The number of hydrogen-bond donors (Lipinski definition) is 1. The molecule has 0 amide bonds. The second-order valence-corrected chi connectivity index (χ2v) is 3.72. The average molecular weight is 167 g/mol. The minimum absolute atomic E-state index is 0.559. The van der Waals surface area contributed by atoms with Crippen LogP contribution in [0.25, 0.3) is 0 Å². The summed E-state index contributed by atoms with van der Waals surface area (Å²) in [5.41, 5.74) is 5.22. The number of thiocarbonyl (C=S) groups is 1. The van der Waals surface area contributed by atoms with E-state index in [1.807, 2.05) is 0 Å². The minimum atomic E-state index is 0.559. The molecule has 1 atom stereocenters. The van der Waals surface area contributed by atoms with E-state index in [4.69, 9.17) is 5.73 Å². The normalized spacial score (nSPS) is 9.12. The fraction of sp³-hybridized carbons (Fsp3) is 0.750. The minimum Gasteiger partial charge on any atom is -0.385 e. The fourth-order valence-electron chi connectivity index (χ4n) is 0.256. The van der Waals surface area contributed by atoms with E-state index in [1.54, 1.807) is 11.8 Å². The van der Waals surface area contributed by atoms with Gasteiger partial charge in [-0.05, 0) is 12.6 Å². The molecule has 0 rings (SSSR count). The molecule has 1 nitrogen and oxygen atoms in total. The second-order valence-electron chi connectivity index (χ2n) is 1.31. The van der Waals surface area contributed by atoms with Gasteiger partial charge in [-0.25, -0.2) is 0 Å². The molecule has 0 aliphatic heterocycles. The van der Waals surface area contributed by atoms with Crippen LogP contribution < -0.4 is 5.73 Å². The fourth-order valence-corrected chi connectivity index (χ4v) is 1.52. The molecule has 0 heterocycles. The van der Waals surface area contributed by atoms with Gasteiger partial charge in [-0.3, -0.25) is 0 Å². The number of rotatable bonds is 3. The standard InChI is InChI=1S/C4H10NPS2/c5-4(7)8-3-1-2-6/h1-3,6H2,(H2,5,7). The van der Waals surface area contributed by atoms with Gasteiger partial charge < -0.3 is 5.73 Å². The quantitative estimate of drug-likeness (QED) is 0.389. The molecule has 8 heavy (non-hydrogen) atoms. The first kappa shape index (κ1) is 8.67. The van der Waals surface area contributed by atoms with Crippen molar-refractivity contribution in [2.24, 2.45) is 5.73 Å². The second kappa shape index (κ2) is 5.80. The van der Waals surface area contributed by atoms with Crippen molar-refractivity contribution in [2.45, 2.75) is 6.42 Å².